The summed E-state index contributed by atoms with van der Waals surface area (Å²) in [5, 5.41) is 19.2. The van der Waals surface area contributed by atoms with Crippen molar-refractivity contribution in [3.8, 4) is 5.75 Å². The average Bonchev–Trinajstić information content (AvgIpc) is 2.28. The molecule has 16 heavy (non-hydrogen) atoms. The lowest BCUT2D eigenvalue weighted by molar-refractivity contribution is -0.178. The molecule has 1 aromatic carbocycles. The fourth-order valence-corrected chi connectivity index (χ4v) is 1.78. The third-order valence-corrected chi connectivity index (χ3v) is 2.67. The van der Waals surface area contributed by atoms with Crippen LogP contribution in [0.15, 0.2) is 24.3 Å². The minimum Gasteiger partial charge on any atom is -0.479 e. The highest BCUT2D eigenvalue weighted by molar-refractivity contribution is 5.80. The van der Waals surface area contributed by atoms with Gasteiger partial charge in [-0.15, -0.1) is 0 Å². The van der Waals surface area contributed by atoms with Gasteiger partial charge in [-0.05, 0) is 6.07 Å². The average molecular weight is 224 g/mol. The number of hydrogen-bond donors (Lipinski definition) is 2. The summed E-state index contributed by atoms with van der Waals surface area (Å²) in [5.41, 5.74) is -1.69. The standard InChI is InChI=1S/C11H12O5/c1-15-9-6-11(14,10(12)13)7-4-2-3-5-8(7)16-9/h2-5,9,14H,6H2,1H3,(H,12,13). The van der Waals surface area contributed by atoms with Gasteiger partial charge in [0.05, 0.1) is 6.42 Å². The van der Waals surface area contributed by atoms with Gasteiger partial charge in [-0.3, -0.25) is 0 Å². The maximum atomic E-state index is 11.1. The highest BCUT2D eigenvalue weighted by Crippen LogP contribution is 2.39. The van der Waals surface area contributed by atoms with Crippen molar-refractivity contribution in [2.75, 3.05) is 7.11 Å². The Kier molecular flexibility index (Phi) is 2.57. The van der Waals surface area contributed by atoms with Gasteiger partial charge < -0.3 is 19.7 Å². The zero-order valence-electron chi connectivity index (χ0n) is 8.71. The van der Waals surface area contributed by atoms with E-state index in [0.717, 1.165) is 0 Å². The molecule has 0 saturated heterocycles. The lowest BCUT2D eigenvalue weighted by Gasteiger charge is -2.34. The number of carbonyl (C=O) groups is 1. The molecule has 2 unspecified atom stereocenters. The van der Waals surface area contributed by atoms with E-state index in [1.807, 2.05) is 0 Å². The van der Waals surface area contributed by atoms with Gasteiger partial charge in [0.2, 0.25) is 6.29 Å². The number of aliphatic hydroxyl groups is 1. The molecule has 1 aliphatic heterocycles. The van der Waals surface area contributed by atoms with Crippen LogP contribution in [0.25, 0.3) is 0 Å². The van der Waals surface area contributed by atoms with E-state index in [-0.39, 0.29) is 12.0 Å². The maximum Gasteiger partial charge on any atom is 0.340 e. The molecule has 2 atom stereocenters. The smallest absolute Gasteiger partial charge is 0.340 e. The molecular formula is C11H12O5. The third-order valence-electron chi connectivity index (χ3n) is 2.67. The molecule has 1 heterocycles. The molecule has 0 aromatic heterocycles. The van der Waals surface area contributed by atoms with Crippen LogP contribution in [-0.2, 0) is 15.1 Å². The number of rotatable bonds is 2. The van der Waals surface area contributed by atoms with Gasteiger partial charge in [0, 0.05) is 12.7 Å². The summed E-state index contributed by atoms with van der Waals surface area (Å²) in [4.78, 5) is 11.1. The van der Waals surface area contributed by atoms with Crippen molar-refractivity contribution in [2.24, 2.45) is 0 Å². The number of hydrogen-bond acceptors (Lipinski definition) is 4. The van der Waals surface area contributed by atoms with Crippen LogP contribution in [0, 0.1) is 0 Å². The summed E-state index contributed by atoms with van der Waals surface area (Å²) in [6, 6.07) is 6.51. The van der Waals surface area contributed by atoms with Crippen LogP contribution in [-0.4, -0.2) is 29.6 Å². The molecule has 2 N–H and O–H groups in total. The normalized spacial score (nSPS) is 28.0. The summed E-state index contributed by atoms with van der Waals surface area (Å²) in [6.07, 6.45) is -0.883. The zero-order valence-corrected chi connectivity index (χ0v) is 8.71. The van der Waals surface area contributed by atoms with Gasteiger partial charge in [0.25, 0.3) is 0 Å². The molecule has 1 aromatic rings. The van der Waals surface area contributed by atoms with Crippen molar-refractivity contribution in [2.45, 2.75) is 18.3 Å². The molecule has 0 bridgehead atoms. The van der Waals surface area contributed by atoms with Crippen molar-refractivity contribution in [3.05, 3.63) is 29.8 Å². The number of aliphatic carboxylic acids is 1. The zero-order chi connectivity index (χ0) is 11.8. The van der Waals surface area contributed by atoms with Gasteiger partial charge in [0.15, 0.2) is 5.60 Å². The minimum absolute atomic E-state index is 0.129. The van der Waals surface area contributed by atoms with Crippen molar-refractivity contribution >= 4 is 5.97 Å². The number of para-hydroxylation sites is 1. The van der Waals surface area contributed by atoms with E-state index in [2.05, 4.69) is 0 Å². The van der Waals surface area contributed by atoms with Crippen LogP contribution in [0.1, 0.15) is 12.0 Å². The van der Waals surface area contributed by atoms with Crippen molar-refractivity contribution in [1.29, 1.82) is 0 Å². The number of methoxy groups -OCH3 is 1. The van der Waals surface area contributed by atoms with Gasteiger partial charge in [0.1, 0.15) is 5.75 Å². The van der Waals surface area contributed by atoms with Crippen LogP contribution in [0.2, 0.25) is 0 Å². The number of carboxylic acids is 1. The topological polar surface area (TPSA) is 76.0 Å². The van der Waals surface area contributed by atoms with Crippen LogP contribution in [0.5, 0.6) is 5.75 Å². The number of fused-ring (bicyclic) bond motifs is 1. The first kappa shape index (κ1) is 10.9. The van der Waals surface area contributed by atoms with Gasteiger partial charge in [-0.25, -0.2) is 4.79 Å². The van der Waals surface area contributed by atoms with E-state index in [0.29, 0.717) is 5.75 Å². The molecule has 0 aliphatic carbocycles. The van der Waals surface area contributed by atoms with Gasteiger partial charge in [-0.1, -0.05) is 18.2 Å². The second-order valence-electron chi connectivity index (χ2n) is 3.65. The largest absolute Gasteiger partial charge is 0.479 e. The van der Waals surface area contributed by atoms with Crippen molar-refractivity contribution < 1.29 is 24.5 Å². The molecule has 5 nitrogen and oxygen atoms in total. The molecule has 0 amide bonds. The molecular weight excluding hydrogens is 212 g/mol. The lowest BCUT2D eigenvalue weighted by Crippen LogP contribution is -2.44. The Hall–Kier alpha value is -1.59. The first-order chi connectivity index (χ1) is 7.58. The van der Waals surface area contributed by atoms with E-state index in [9.17, 15) is 9.90 Å². The van der Waals surface area contributed by atoms with Gasteiger partial charge >= 0.3 is 5.97 Å². The fourth-order valence-electron chi connectivity index (χ4n) is 1.78. The van der Waals surface area contributed by atoms with E-state index in [1.54, 1.807) is 18.2 Å². The van der Waals surface area contributed by atoms with Crippen LogP contribution in [0.4, 0.5) is 0 Å². The maximum absolute atomic E-state index is 11.1. The highest BCUT2D eigenvalue weighted by Gasteiger charge is 2.46. The molecule has 0 saturated carbocycles. The predicted octanol–water partition coefficient (Wildman–Crippen LogP) is 0.714. The molecule has 0 spiro atoms. The summed E-state index contributed by atoms with van der Waals surface area (Å²) in [6.45, 7) is 0. The Morgan fingerprint density at radius 1 is 1.56 bits per heavy atom. The Morgan fingerprint density at radius 3 is 2.88 bits per heavy atom. The second kappa shape index (κ2) is 3.77. The summed E-state index contributed by atoms with van der Waals surface area (Å²) >= 11 is 0. The van der Waals surface area contributed by atoms with Gasteiger partial charge in [-0.2, -0.15) is 0 Å². The molecule has 86 valence electrons. The molecule has 2 rings (SSSR count). The lowest BCUT2D eigenvalue weighted by atomic mass is 9.87. The van der Waals surface area contributed by atoms with E-state index >= 15 is 0 Å². The monoisotopic (exact) mass is 224 g/mol. The SMILES string of the molecule is COC1CC(O)(C(=O)O)c2ccccc2O1. The van der Waals surface area contributed by atoms with E-state index in [1.165, 1.54) is 13.2 Å². The van der Waals surface area contributed by atoms with E-state index < -0.39 is 17.9 Å². The molecule has 0 fully saturated rings. The Labute approximate surface area is 92.2 Å². The Bertz CT molecular complexity index is 417. The third kappa shape index (κ3) is 1.54. The van der Waals surface area contributed by atoms with E-state index in [4.69, 9.17) is 14.6 Å². The highest BCUT2D eigenvalue weighted by atomic mass is 16.7. The Morgan fingerprint density at radius 2 is 2.25 bits per heavy atom. The molecule has 0 radical (unpaired) electrons. The fraction of sp³-hybridized carbons (Fsp3) is 0.364. The van der Waals surface area contributed by atoms with Crippen LogP contribution >= 0.6 is 0 Å². The quantitative estimate of drug-likeness (QED) is 0.773. The predicted molar refractivity (Wildman–Crippen MR) is 54.0 cm³/mol. The second-order valence-corrected chi connectivity index (χ2v) is 3.65. The van der Waals surface area contributed by atoms with Crippen LogP contribution in [0.3, 0.4) is 0 Å². The first-order valence-corrected chi connectivity index (χ1v) is 4.82. The summed E-state index contributed by atoms with van der Waals surface area (Å²) in [7, 11) is 1.40. The summed E-state index contributed by atoms with van der Waals surface area (Å²) < 4.78 is 10.3. The minimum atomic E-state index is -1.95. The van der Waals surface area contributed by atoms with Crippen molar-refractivity contribution in [1.82, 2.24) is 0 Å². The number of carboxylic acid groups (broad SMARTS) is 1. The van der Waals surface area contributed by atoms with Crippen LogP contribution < -0.4 is 4.74 Å². The molecule has 1 aliphatic rings. The molecule has 5 heteroatoms. The Balaban J connectivity index is 2.51. The number of ether oxygens (including phenoxy) is 2. The first-order valence-electron chi connectivity index (χ1n) is 4.82. The number of benzene rings is 1. The summed E-state index contributed by atoms with van der Waals surface area (Å²) in [5.74, 6) is -0.962. The van der Waals surface area contributed by atoms with Crippen molar-refractivity contribution in [3.63, 3.8) is 0 Å².